The van der Waals surface area contributed by atoms with Crippen LogP contribution in [0.1, 0.15) is 31.2 Å². The van der Waals surface area contributed by atoms with Crippen LogP contribution in [-0.4, -0.2) is 49.9 Å². The van der Waals surface area contributed by atoms with E-state index >= 15 is 0 Å². The molecular weight excluding hydrogens is 304 g/mol. The summed E-state index contributed by atoms with van der Waals surface area (Å²) in [7, 11) is 0. The highest BCUT2D eigenvalue weighted by Gasteiger charge is 2.25. The van der Waals surface area contributed by atoms with Gasteiger partial charge in [-0.3, -0.25) is 4.90 Å². The molecule has 2 aliphatic rings. The second-order valence-electron chi connectivity index (χ2n) is 6.84. The van der Waals surface area contributed by atoms with Crippen molar-refractivity contribution in [1.29, 1.82) is 0 Å². The predicted octanol–water partition coefficient (Wildman–Crippen LogP) is 2.80. The molecule has 1 aliphatic carbocycles. The van der Waals surface area contributed by atoms with Crippen molar-refractivity contribution in [3.63, 3.8) is 0 Å². The Balaban J connectivity index is 1.32. The molecule has 1 saturated carbocycles. The Morgan fingerprint density at radius 2 is 1.83 bits per heavy atom. The highest BCUT2D eigenvalue weighted by atomic mass is 16.5. The van der Waals surface area contributed by atoms with Gasteiger partial charge in [-0.1, -0.05) is 30.3 Å². The molecule has 0 atom stereocenters. The van der Waals surface area contributed by atoms with Gasteiger partial charge in [0.15, 0.2) is 0 Å². The standard InChI is InChI=1S/C19H28N2O3/c22-19(24-15-17-4-2-1-3-5-17)20-18-8-6-16(7-9-18)14-21-10-12-23-13-11-21/h1-5,16,18H,6-15H2,(H,20,22)/t16-,18-. The Bertz CT molecular complexity index is 495. The van der Waals surface area contributed by atoms with E-state index in [1.165, 1.54) is 19.4 Å². The Morgan fingerprint density at radius 3 is 2.54 bits per heavy atom. The van der Waals surface area contributed by atoms with Crippen molar-refractivity contribution in [3.05, 3.63) is 35.9 Å². The lowest BCUT2D eigenvalue weighted by Gasteiger charge is -2.34. The number of ether oxygens (including phenoxy) is 2. The summed E-state index contributed by atoms with van der Waals surface area (Å²) < 4.78 is 10.7. The number of morpholine rings is 1. The van der Waals surface area contributed by atoms with Crippen molar-refractivity contribution in [1.82, 2.24) is 10.2 Å². The van der Waals surface area contributed by atoms with E-state index < -0.39 is 0 Å². The van der Waals surface area contributed by atoms with Gasteiger partial charge in [0.1, 0.15) is 6.61 Å². The van der Waals surface area contributed by atoms with Crippen LogP contribution in [0.4, 0.5) is 4.79 Å². The zero-order valence-corrected chi connectivity index (χ0v) is 14.3. The first-order chi connectivity index (χ1) is 11.8. The lowest BCUT2D eigenvalue weighted by molar-refractivity contribution is 0.0269. The molecule has 0 bridgehead atoms. The number of nitrogens with one attached hydrogen (secondary N) is 1. The molecule has 24 heavy (non-hydrogen) atoms. The van der Waals surface area contributed by atoms with Crippen LogP contribution in [-0.2, 0) is 16.1 Å². The zero-order valence-electron chi connectivity index (χ0n) is 14.3. The molecule has 1 amide bonds. The fourth-order valence-corrected chi connectivity index (χ4v) is 3.57. The van der Waals surface area contributed by atoms with Crippen LogP contribution in [0.5, 0.6) is 0 Å². The number of hydrogen-bond donors (Lipinski definition) is 1. The maximum absolute atomic E-state index is 11.9. The minimum atomic E-state index is -0.296. The summed E-state index contributed by atoms with van der Waals surface area (Å²) in [6.07, 6.45) is 4.17. The van der Waals surface area contributed by atoms with E-state index in [-0.39, 0.29) is 12.1 Å². The smallest absolute Gasteiger partial charge is 0.407 e. The Labute approximate surface area is 144 Å². The summed E-state index contributed by atoms with van der Waals surface area (Å²) in [4.78, 5) is 14.4. The molecule has 1 N–H and O–H groups in total. The number of nitrogens with zero attached hydrogens (tertiary/aromatic N) is 1. The van der Waals surface area contributed by atoms with Gasteiger partial charge in [0, 0.05) is 25.7 Å². The van der Waals surface area contributed by atoms with Crippen LogP contribution in [0.15, 0.2) is 30.3 Å². The molecule has 0 unspecified atom stereocenters. The first-order valence-corrected chi connectivity index (χ1v) is 9.07. The minimum absolute atomic E-state index is 0.259. The normalized spacial score (nSPS) is 25.2. The van der Waals surface area contributed by atoms with Gasteiger partial charge in [-0.2, -0.15) is 0 Å². The molecule has 1 saturated heterocycles. The van der Waals surface area contributed by atoms with Gasteiger partial charge < -0.3 is 14.8 Å². The highest BCUT2D eigenvalue weighted by molar-refractivity contribution is 5.67. The van der Waals surface area contributed by atoms with Crippen LogP contribution in [0.25, 0.3) is 0 Å². The molecule has 1 aromatic rings. The molecule has 132 valence electrons. The van der Waals surface area contributed by atoms with E-state index in [9.17, 15) is 4.79 Å². The second kappa shape index (κ2) is 9.04. The summed E-state index contributed by atoms with van der Waals surface area (Å²) in [5.74, 6) is 0.751. The molecule has 1 aromatic carbocycles. The number of rotatable bonds is 5. The largest absolute Gasteiger partial charge is 0.445 e. The van der Waals surface area contributed by atoms with Gasteiger partial charge in [0.25, 0.3) is 0 Å². The molecule has 5 heteroatoms. The number of alkyl carbamates (subject to hydrolysis) is 1. The van der Waals surface area contributed by atoms with E-state index in [0.29, 0.717) is 6.61 Å². The Morgan fingerprint density at radius 1 is 1.12 bits per heavy atom. The van der Waals surface area contributed by atoms with Gasteiger partial charge in [-0.05, 0) is 37.2 Å². The van der Waals surface area contributed by atoms with Crippen molar-refractivity contribution >= 4 is 6.09 Å². The van der Waals surface area contributed by atoms with E-state index in [1.807, 2.05) is 30.3 Å². The molecular formula is C19H28N2O3. The minimum Gasteiger partial charge on any atom is -0.445 e. The molecule has 2 fully saturated rings. The van der Waals surface area contributed by atoms with E-state index in [4.69, 9.17) is 9.47 Å². The number of carbonyl (C=O) groups is 1. The number of hydrogen-bond acceptors (Lipinski definition) is 4. The van der Waals surface area contributed by atoms with Gasteiger partial charge in [0.05, 0.1) is 13.2 Å². The van der Waals surface area contributed by atoms with E-state index in [0.717, 1.165) is 50.6 Å². The monoisotopic (exact) mass is 332 g/mol. The SMILES string of the molecule is O=C(N[C@H]1CC[C@H](CN2CCOCC2)CC1)OCc1ccccc1. The van der Waals surface area contributed by atoms with E-state index in [1.54, 1.807) is 0 Å². The van der Waals surface area contributed by atoms with Gasteiger partial charge in [-0.15, -0.1) is 0 Å². The highest BCUT2D eigenvalue weighted by Crippen LogP contribution is 2.25. The van der Waals surface area contributed by atoms with Crippen LogP contribution in [0.3, 0.4) is 0 Å². The quantitative estimate of drug-likeness (QED) is 0.901. The summed E-state index contributed by atoms with van der Waals surface area (Å²) in [5.41, 5.74) is 1.02. The third-order valence-electron chi connectivity index (χ3n) is 5.00. The Hall–Kier alpha value is -1.59. The van der Waals surface area contributed by atoms with Crippen LogP contribution >= 0.6 is 0 Å². The number of benzene rings is 1. The maximum Gasteiger partial charge on any atom is 0.407 e. The molecule has 5 nitrogen and oxygen atoms in total. The zero-order chi connectivity index (χ0) is 16.6. The third-order valence-corrected chi connectivity index (χ3v) is 5.00. The van der Waals surface area contributed by atoms with Gasteiger partial charge >= 0.3 is 6.09 Å². The van der Waals surface area contributed by atoms with E-state index in [2.05, 4.69) is 10.2 Å². The molecule has 3 rings (SSSR count). The third kappa shape index (κ3) is 5.49. The number of carbonyl (C=O) groups excluding carboxylic acids is 1. The lowest BCUT2D eigenvalue weighted by atomic mass is 9.85. The summed E-state index contributed by atoms with van der Waals surface area (Å²) in [5, 5.41) is 3.02. The van der Waals surface area contributed by atoms with Crippen molar-refractivity contribution in [3.8, 4) is 0 Å². The average Bonchev–Trinajstić information content (AvgIpc) is 2.63. The molecule has 1 heterocycles. The first-order valence-electron chi connectivity index (χ1n) is 9.07. The topological polar surface area (TPSA) is 50.8 Å². The van der Waals surface area contributed by atoms with Crippen LogP contribution in [0.2, 0.25) is 0 Å². The van der Waals surface area contributed by atoms with Crippen molar-refractivity contribution in [2.45, 2.75) is 38.3 Å². The van der Waals surface area contributed by atoms with Gasteiger partial charge in [0.2, 0.25) is 0 Å². The lowest BCUT2D eigenvalue weighted by Crippen LogP contribution is -2.42. The van der Waals surface area contributed by atoms with Crippen LogP contribution in [0, 0.1) is 5.92 Å². The predicted molar refractivity (Wildman–Crippen MR) is 92.8 cm³/mol. The summed E-state index contributed by atoms with van der Waals surface area (Å²) in [6.45, 7) is 5.36. The molecule has 0 spiro atoms. The van der Waals surface area contributed by atoms with Crippen molar-refractivity contribution < 1.29 is 14.3 Å². The fraction of sp³-hybridized carbons (Fsp3) is 0.632. The Kier molecular flexibility index (Phi) is 6.49. The second-order valence-corrected chi connectivity index (χ2v) is 6.84. The number of amides is 1. The molecule has 0 radical (unpaired) electrons. The van der Waals surface area contributed by atoms with Gasteiger partial charge in [-0.25, -0.2) is 4.79 Å². The maximum atomic E-state index is 11.9. The van der Waals surface area contributed by atoms with Crippen molar-refractivity contribution in [2.24, 2.45) is 5.92 Å². The summed E-state index contributed by atoms with van der Waals surface area (Å²) in [6, 6.07) is 10.0. The van der Waals surface area contributed by atoms with Crippen LogP contribution < -0.4 is 5.32 Å². The molecule has 1 aliphatic heterocycles. The van der Waals surface area contributed by atoms with Crippen molar-refractivity contribution in [2.75, 3.05) is 32.8 Å². The fourth-order valence-electron chi connectivity index (χ4n) is 3.57. The summed E-state index contributed by atoms with van der Waals surface area (Å²) >= 11 is 0. The average molecular weight is 332 g/mol. The first kappa shape index (κ1) is 17.2. The molecule has 0 aromatic heterocycles.